The Balaban J connectivity index is 1.60. The van der Waals surface area contributed by atoms with Gasteiger partial charge in [0.05, 0.1) is 29.0 Å². The molecular weight excluding hydrogens is 425 g/mol. The molecule has 8 nitrogen and oxygen atoms in total. The smallest absolute Gasteiger partial charge is 0.224 e. The van der Waals surface area contributed by atoms with E-state index in [9.17, 15) is 18.3 Å². The number of aliphatic hydroxyl groups excluding tert-OH is 1. The summed E-state index contributed by atoms with van der Waals surface area (Å²) in [7, 11) is 0. The number of aromatic nitrogens is 4. The van der Waals surface area contributed by atoms with Gasteiger partial charge in [0.15, 0.2) is 17.3 Å². The van der Waals surface area contributed by atoms with Gasteiger partial charge in [0.25, 0.3) is 0 Å². The Bertz CT molecular complexity index is 1270. The van der Waals surface area contributed by atoms with E-state index in [0.717, 1.165) is 4.57 Å². The van der Waals surface area contributed by atoms with Crippen LogP contribution in [0.5, 0.6) is 0 Å². The molecular formula is C21H23F3N6O2. The van der Waals surface area contributed by atoms with E-state index in [1.54, 1.807) is 0 Å². The van der Waals surface area contributed by atoms with Crippen LogP contribution in [0.25, 0.3) is 11.2 Å². The molecule has 3 atom stereocenters. The molecule has 1 aliphatic carbocycles. The lowest BCUT2D eigenvalue weighted by atomic mass is 9.93. The maximum absolute atomic E-state index is 14.4. The van der Waals surface area contributed by atoms with Crippen molar-refractivity contribution in [3.05, 3.63) is 35.8 Å². The number of benzene rings is 1. The second kappa shape index (κ2) is 8.55. The molecule has 2 fully saturated rings. The van der Waals surface area contributed by atoms with Crippen LogP contribution in [0.4, 0.5) is 30.8 Å². The molecule has 2 aliphatic rings. The van der Waals surface area contributed by atoms with Crippen LogP contribution in [0.3, 0.4) is 0 Å². The van der Waals surface area contributed by atoms with E-state index in [2.05, 4.69) is 25.6 Å². The molecule has 3 N–H and O–H groups in total. The van der Waals surface area contributed by atoms with Crippen molar-refractivity contribution in [1.29, 1.82) is 0 Å². The summed E-state index contributed by atoms with van der Waals surface area (Å²) in [5, 5.41) is 15.3. The van der Waals surface area contributed by atoms with Gasteiger partial charge in [0.2, 0.25) is 11.9 Å². The molecule has 1 aromatic carbocycles. The molecule has 5 rings (SSSR count). The number of nitrogens with one attached hydrogen (secondary N) is 2. The van der Waals surface area contributed by atoms with Crippen molar-refractivity contribution in [2.24, 2.45) is 0 Å². The first kappa shape index (κ1) is 16.7. The van der Waals surface area contributed by atoms with Gasteiger partial charge < -0.3 is 20.5 Å². The molecule has 3 aromatic rings. The summed E-state index contributed by atoms with van der Waals surface area (Å²) in [6.07, 6.45) is 2.15. The third kappa shape index (κ3) is 4.09. The third-order valence-corrected chi connectivity index (χ3v) is 5.50. The van der Waals surface area contributed by atoms with Crippen molar-refractivity contribution >= 4 is 28.7 Å². The zero-order valence-corrected chi connectivity index (χ0v) is 16.7. The van der Waals surface area contributed by atoms with Crippen molar-refractivity contribution in [3.63, 3.8) is 0 Å². The maximum Gasteiger partial charge on any atom is 0.224 e. The highest BCUT2D eigenvalue weighted by atomic mass is 19.1. The molecule has 2 aromatic heterocycles. The van der Waals surface area contributed by atoms with Crippen LogP contribution in [-0.2, 0) is 4.74 Å². The highest BCUT2D eigenvalue weighted by Crippen LogP contribution is 2.32. The van der Waals surface area contributed by atoms with Gasteiger partial charge in [-0.15, -0.1) is 0 Å². The van der Waals surface area contributed by atoms with Crippen LogP contribution in [0.15, 0.2) is 18.3 Å². The molecule has 32 heavy (non-hydrogen) atoms. The quantitative estimate of drug-likeness (QED) is 0.544. The zero-order chi connectivity index (χ0) is 25.8. The molecule has 0 radical (unpaired) electrons. The Morgan fingerprint density at radius 1 is 1.12 bits per heavy atom. The Hall–Kier alpha value is -2.92. The summed E-state index contributed by atoms with van der Waals surface area (Å²) in [4.78, 5) is 12.9. The first-order valence-corrected chi connectivity index (χ1v) is 10.2. The average molecular weight is 452 g/mol. The van der Waals surface area contributed by atoms with Crippen molar-refractivity contribution in [2.75, 3.05) is 23.8 Å². The van der Waals surface area contributed by atoms with Gasteiger partial charge in [-0.25, -0.2) is 23.1 Å². The molecule has 11 heteroatoms. The molecule has 0 spiro atoms. The summed E-state index contributed by atoms with van der Waals surface area (Å²) in [6.45, 7) is -4.05. The van der Waals surface area contributed by atoms with Gasteiger partial charge in [-0.2, -0.15) is 4.98 Å². The molecule has 170 valence electrons. The average Bonchev–Trinajstić information content (AvgIpc) is 3.23. The van der Waals surface area contributed by atoms with E-state index in [1.165, 1.54) is 6.20 Å². The number of halogens is 3. The molecule has 3 heterocycles. The van der Waals surface area contributed by atoms with Crippen LogP contribution in [0.2, 0.25) is 0 Å². The van der Waals surface area contributed by atoms with E-state index >= 15 is 0 Å². The standard InChI is InChI=1S/C21H23F3N6O2/c22-11-7-15(23)18(16(24)8-11)28-21-27-17-9-25-20(26-12-1-3-14(31)4-2-12)29-19(17)30(21)13-5-6-32-10-13/h7-9,12-14,31H,1-6,10H2,(H,27,28)(H,25,26,29)/i5D,6D,10D2. The highest BCUT2D eigenvalue weighted by Gasteiger charge is 2.27. The number of hydrogen-bond acceptors (Lipinski definition) is 7. The van der Waals surface area contributed by atoms with E-state index in [0.29, 0.717) is 37.8 Å². The van der Waals surface area contributed by atoms with E-state index in [1.807, 2.05) is 0 Å². The van der Waals surface area contributed by atoms with Gasteiger partial charge in [0, 0.05) is 26.1 Å². The SMILES string of the molecule is [2H]C1OC([2H])([2H])C(n2c(Nc3c(F)cc(F)cc3F)nc3cnc(NC4CCC(O)CC4)nc32)C1[2H]. The van der Waals surface area contributed by atoms with E-state index < -0.39 is 48.7 Å². The summed E-state index contributed by atoms with van der Waals surface area (Å²) in [5.41, 5.74) is -0.567. The fourth-order valence-electron chi connectivity index (χ4n) is 3.89. The van der Waals surface area contributed by atoms with Crippen LogP contribution < -0.4 is 10.6 Å². The minimum absolute atomic E-state index is 0.00924. The first-order chi connectivity index (χ1) is 17.0. The highest BCUT2D eigenvalue weighted by molar-refractivity contribution is 5.76. The summed E-state index contributed by atoms with van der Waals surface area (Å²) in [5.74, 6) is -3.72. The van der Waals surface area contributed by atoms with Gasteiger partial charge in [-0.1, -0.05) is 0 Å². The van der Waals surface area contributed by atoms with Crippen molar-refractivity contribution < 1.29 is 28.5 Å². The molecule has 3 unspecified atom stereocenters. The van der Waals surface area contributed by atoms with Gasteiger partial charge >= 0.3 is 0 Å². The first-order valence-electron chi connectivity index (χ1n) is 12.3. The largest absolute Gasteiger partial charge is 0.393 e. The summed E-state index contributed by atoms with van der Waals surface area (Å²) in [6, 6.07) is -0.518. The Kier molecular flexibility index (Phi) is 4.45. The minimum Gasteiger partial charge on any atom is -0.393 e. The summed E-state index contributed by atoms with van der Waals surface area (Å²) < 4.78 is 81.2. The Labute approximate surface area is 187 Å². The lowest BCUT2D eigenvalue weighted by Gasteiger charge is -2.26. The molecule has 1 aliphatic heterocycles. The van der Waals surface area contributed by atoms with Crippen LogP contribution in [0, 0.1) is 17.5 Å². The number of ether oxygens (including phenoxy) is 1. The lowest BCUT2D eigenvalue weighted by Crippen LogP contribution is -2.29. The second-order valence-electron chi connectivity index (χ2n) is 7.74. The van der Waals surface area contributed by atoms with E-state index in [-0.39, 0.29) is 35.2 Å². The molecule has 1 saturated heterocycles. The van der Waals surface area contributed by atoms with Gasteiger partial charge in [0.1, 0.15) is 17.0 Å². The number of nitrogens with zero attached hydrogens (tertiary/aromatic N) is 4. The van der Waals surface area contributed by atoms with Gasteiger partial charge in [-0.3, -0.25) is 4.57 Å². The Morgan fingerprint density at radius 3 is 2.56 bits per heavy atom. The van der Waals surface area contributed by atoms with E-state index in [4.69, 9.17) is 10.2 Å². The minimum atomic E-state index is -2.51. The number of rotatable bonds is 5. The monoisotopic (exact) mass is 452 g/mol. The molecule has 0 bridgehead atoms. The normalized spacial score (nSPS) is 31.6. The fourth-order valence-corrected chi connectivity index (χ4v) is 3.89. The summed E-state index contributed by atoms with van der Waals surface area (Å²) >= 11 is 0. The predicted molar refractivity (Wildman–Crippen MR) is 111 cm³/mol. The maximum atomic E-state index is 14.4. The number of hydrogen-bond donors (Lipinski definition) is 3. The number of anilines is 3. The fraction of sp³-hybridized carbons (Fsp3) is 0.476. The number of imidazole rings is 1. The van der Waals surface area contributed by atoms with Crippen molar-refractivity contribution in [3.8, 4) is 0 Å². The van der Waals surface area contributed by atoms with Crippen LogP contribution in [0.1, 0.15) is 43.6 Å². The third-order valence-electron chi connectivity index (χ3n) is 5.50. The number of aliphatic hydroxyl groups is 1. The topological polar surface area (TPSA) is 97.1 Å². The molecule has 0 amide bonds. The van der Waals surface area contributed by atoms with Crippen molar-refractivity contribution in [1.82, 2.24) is 19.5 Å². The van der Waals surface area contributed by atoms with Crippen LogP contribution in [-0.4, -0.2) is 49.9 Å². The molecule has 1 saturated carbocycles. The van der Waals surface area contributed by atoms with Crippen LogP contribution >= 0.6 is 0 Å². The number of fused-ring (bicyclic) bond motifs is 1. The Morgan fingerprint density at radius 2 is 1.88 bits per heavy atom. The second-order valence-corrected chi connectivity index (χ2v) is 7.74. The van der Waals surface area contributed by atoms with Gasteiger partial charge in [-0.05, 0) is 32.1 Å². The van der Waals surface area contributed by atoms with Crippen molar-refractivity contribution in [2.45, 2.75) is 50.3 Å². The lowest BCUT2D eigenvalue weighted by molar-refractivity contribution is 0.126. The zero-order valence-electron chi connectivity index (χ0n) is 20.7. The predicted octanol–water partition coefficient (Wildman–Crippen LogP) is 3.66.